The molecule has 9 aromatic carbocycles. The Morgan fingerprint density at radius 2 is 0.787 bits per heavy atom. The molecular weight excluding hydrogens is 745 g/mol. The maximum atomic E-state index is 7.14. The Morgan fingerprint density at radius 1 is 0.344 bits per heavy atom. The fourth-order valence-corrected chi connectivity index (χ4v) is 9.64. The summed E-state index contributed by atoms with van der Waals surface area (Å²) in [5.74, 6) is 2.35. The van der Waals surface area contributed by atoms with Crippen molar-refractivity contribution < 1.29 is 9.15 Å². The van der Waals surface area contributed by atoms with Crippen LogP contribution in [-0.4, -0.2) is 0 Å². The van der Waals surface area contributed by atoms with E-state index >= 15 is 0 Å². The van der Waals surface area contributed by atoms with Crippen molar-refractivity contribution in [2.45, 2.75) is 5.41 Å². The number of hydrogen-bond donors (Lipinski definition) is 0. The zero-order valence-corrected chi connectivity index (χ0v) is 33.2. The van der Waals surface area contributed by atoms with Crippen LogP contribution in [0.1, 0.15) is 22.5 Å². The molecule has 0 N–H and O–H groups in total. The third kappa shape index (κ3) is 5.46. The van der Waals surface area contributed by atoms with E-state index in [1.807, 2.05) is 12.1 Å². The summed E-state index contributed by atoms with van der Waals surface area (Å²) in [7, 11) is 0. The van der Waals surface area contributed by atoms with E-state index in [1.165, 1.54) is 11.1 Å². The van der Waals surface area contributed by atoms with E-state index < -0.39 is 5.41 Å². The largest absolute Gasteiger partial charge is 0.455 e. The zero-order chi connectivity index (χ0) is 40.3. The molecule has 0 radical (unpaired) electrons. The number of para-hydroxylation sites is 5. The SMILES string of the molecule is c1ccc(-c2ccc(N(c3ccccc3)c3ccc4c(c3)C3(c5ccccc5Oc5c3oc3ccccc53)c3cc(N(c5ccccc5)c5ccccc5)ccc3-4)cc2)cc1. The topological polar surface area (TPSA) is 28.9 Å². The number of benzene rings is 9. The average Bonchev–Trinajstić information content (AvgIpc) is 3.84. The van der Waals surface area contributed by atoms with Crippen LogP contribution in [0.5, 0.6) is 11.5 Å². The second kappa shape index (κ2) is 14.0. The molecule has 1 aliphatic carbocycles. The first kappa shape index (κ1) is 34.9. The molecule has 0 saturated heterocycles. The molecule has 1 aromatic heterocycles. The summed E-state index contributed by atoms with van der Waals surface area (Å²) in [6, 6.07) is 81.9. The van der Waals surface area contributed by atoms with Gasteiger partial charge >= 0.3 is 0 Å². The Hall–Kier alpha value is -8.08. The Labute approximate surface area is 354 Å². The highest BCUT2D eigenvalue weighted by Gasteiger charge is 2.54. The standard InChI is InChI=1S/C57H38N2O2/c1-5-17-39(18-6-1)40-29-31-44(32-30-40)59(43-23-11-4-12-24-43)46-34-36-48-47-35-33-45(58(41-19-7-2-8-20-41)42-21-9-3-10-22-42)37-51(47)57(52(48)38-46)50-26-14-16-28-54(50)60-55-49-25-13-15-27-53(49)61-56(55)57/h1-38H. The average molecular weight is 783 g/mol. The molecule has 2 aliphatic rings. The molecule has 61 heavy (non-hydrogen) atoms. The van der Waals surface area contributed by atoms with E-state index in [0.29, 0.717) is 0 Å². The summed E-state index contributed by atoms with van der Waals surface area (Å²) in [5.41, 5.74) is 14.3. The van der Waals surface area contributed by atoms with Crippen molar-refractivity contribution in [3.05, 3.63) is 253 Å². The second-order valence-corrected chi connectivity index (χ2v) is 15.7. The molecule has 0 bridgehead atoms. The van der Waals surface area contributed by atoms with Gasteiger partial charge in [0.1, 0.15) is 16.7 Å². The van der Waals surface area contributed by atoms with Crippen LogP contribution in [0.3, 0.4) is 0 Å². The lowest BCUT2D eigenvalue weighted by molar-refractivity contribution is 0.389. The molecule has 10 aromatic rings. The molecule has 1 spiro atoms. The first-order chi connectivity index (χ1) is 30.3. The van der Waals surface area contributed by atoms with Crippen molar-refractivity contribution in [2.75, 3.05) is 9.80 Å². The summed E-state index contributed by atoms with van der Waals surface area (Å²) in [6.07, 6.45) is 0. The second-order valence-electron chi connectivity index (χ2n) is 15.7. The molecular formula is C57H38N2O2. The normalized spacial score (nSPS) is 14.4. The minimum Gasteiger partial charge on any atom is -0.455 e. The summed E-state index contributed by atoms with van der Waals surface area (Å²) < 4.78 is 14.1. The van der Waals surface area contributed by atoms with Gasteiger partial charge in [-0.3, -0.25) is 0 Å². The zero-order valence-electron chi connectivity index (χ0n) is 33.2. The maximum Gasteiger partial charge on any atom is 0.178 e. The predicted octanol–water partition coefficient (Wildman–Crippen LogP) is 15.5. The number of anilines is 6. The molecule has 2 heterocycles. The van der Waals surface area contributed by atoms with Crippen LogP contribution in [0.4, 0.5) is 34.1 Å². The van der Waals surface area contributed by atoms with Crippen molar-refractivity contribution >= 4 is 45.1 Å². The summed E-state index contributed by atoms with van der Waals surface area (Å²) in [5, 5.41) is 0.952. The number of rotatable bonds is 7. The number of hydrogen-bond acceptors (Lipinski definition) is 4. The lowest BCUT2D eigenvalue weighted by Crippen LogP contribution is -2.31. The van der Waals surface area contributed by atoms with Crippen LogP contribution in [0.25, 0.3) is 33.2 Å². The minimum absolute atomic E-state index is 0.753. The molecule has 0 amide bonds. The van der Waals surface area contributed by atoms with Gasteiger partial charge in [-0.15, -0.1) is 0 Å². The van der Waals surface area contributed by atoms with Crippen LogP contribution < -0.4 is 14.5 Å². The number of fused-ring (bicyclic) bond motifs is 11. The Balaban J connectivity index is 1.13. The summed E-state index contributed by atoms with van der Waals surface area (Å²) >= 11 is 0. The van der Waals surface area contributed by atoms with Gasteiger partial charge in [-0.2, -0.15) is 0 Å². The first-order valence-electron chi connectivity index (χ1n) is 20.8. The Kier molecular flexibility index (Phi) is 8.04. The molecule has 0 saturated carbocycles. The lowest BCUT2D eigenvalue weighted by Gasteiger charge is -2.37. The van der Waals surface area contributed by atoms with Gasteiger partial charge in [0, 0.05) is 39.7 Å². The van der Waals surface area contributed by atoms with Crippen LogP contribution in [0.15, 0.2) is 235 Å². The van der Waals surface area contributed by atoms with E-state index in [-0.39, 0.29) is 0 Å². The predicted molar refractivity (Wildman–Crippen MR) is 248 cm³/mol. The Bertz CT molecular complexity index is 3180. The van der Waals surface area contributed by atoms with Crippen molar-refractivity contribution in [1.82, 2.24) is 0 Å². The third-order valence-electron chi connectivity index (χ3n) is 12.3. The van der Waals surface area contributed by atoms with Gasteiger partial charge in [-0.05, 0) is 124 Å². The van der Waals surface area contributed by atoms with E-state index in [9.17, 15) is 0 Å². The number of ether oxygens (including phenoxy) is 1. The van der Waals surface area contributed by atoms with Crippen molar-refractivity contribution in [1.29, 1.82) is 0 Å². The highest BCUT2D eigenvalue weighted by molar-refractivity contribution is 5.96. The molecule has 4 heteroatoms. The van der Waals surface area contributed by atoms with Crippen molar-refractivity contribution in [3.63, 3.8) is 0 Å². The van der Waals surface area contributed by atoms with E-state index in [1.54, 1.807) is 0 Å². The monoisotopic (exact) mass is 782 g/mol. The van der Waals surface area contributed by atoms with Crippen molar-refractivity contribution in [2.24, 2.45) is 0 Å². The van der Waals surface area contributed by atoms with Crippen LogP contribution >= 0.6 is 0 Å². The maximum absolute atomic E-state index is 7.14. The van der Waals surface area contributed by atoms with Crippen LogP contribution in [0, 0.1) is 0 Å². The summed E-state index contributed by atoms with van der Waals surface area (Å²) in [4.78, 5) is 4.69. The van der Waals surface area contributed by atoms with E-state index in [4.69, 9.17) is 9.15 Å². The number of furan rings is 1. The van der Waals surface area contributed by atoms with E-state index in [0.717, 1.165) is 90.2 Å². The highest BCUT2D eigenvalue weighted by Crippen LogP contribution is 2.65. The number of nitrogens with zero attached hydrogens (tertiary/aromatic N) is 2. The van der Waals surface area contributed by atoms with Gasteiger partial charge in [-0.25, -0.2) is 0 Å². The molecule has 1 unspecified atom stereocenters. The molecule has 288 valence electrons. The summed E-state index contributed by atoms with van der Waals surface area (Å²) in [6.45, 7) is 0. The van der Waals surface area contributed by atoms with Gasteiger partial charge in [0.2, 0.25) is 0 Å². The fourth-order valence-electron chi connectivity index (χ4n) is 9.64. The highest BCUT2D eigenvalue weighted by atomic mass is 16.5. The van der Waals surface area contributed by atoms with Crippen molar-refractivity contribution in [3.8, 4) is 33.8 Å². The molecule has 4 nitrogen and oxygen atoms in total. The molecule has 1 aliphatic heterocycles. The van der Waals surface area contributed by atoms with Crippen LogP contribution in [0.2, 0.25) is 0 Å². The minimum atomic E-state index is -0.863. The molecule has 12 rings (SSSR count). The smallest absolute Gasteiger partial charge is 0.178 e. The van der Waals surface area contributed by atoms with Gasteiger partial charge in [0.25, 0.3) is 0 Å². The van der Waals surface area contributed by atoms with Crippen LogP contribution in [-0.2, 0) is 5.41 Å². The van der Waals surface area contributed by atoms with Gasteiger partial charge in [-0.1, -0.05) is 140 Å². The third-order valence-corrected chi connectivity index (χ3v) is 12.3. The first-order valence-corrected chi connectivity index (χ1v) is 20.8. The lowest BCUT2D eigenvalue weighted by atomic mass is 9.68. The van der Waals surface area contributed by atoms with Gasteiger partial charge < -0.3 is 19.0 Å². The molecule has 1 atom stereocenters. The van der Waals surface area contributed by atoms with Gasteiger partial charge in [0.15, 0.2) is 11.5 Å². The fraction of sp³-hybridized carbons (Fsp3) is 0.0175. The van der Waals surface area contributed by atoms with E-state index in [2.05, 4.69) is 228 Å². The van der Waals surface area contributed by atoms with Gasteiger partial charge in [0.05, 0.1) is 5.39 Å². The Morgan fingerprint density at radius 3 is 1.36 bits per heavy atom. The molecule has 0 fully saturated rings. The quantitative estimate of drug-likeness (QED) is 0.161.